The van der Waals surface area contributed by atoms with Gasteiger partial charge in [0.15, 0.2) is 0 Å². The average molecular weight is 199 g/mol. The van der Waals surface area contributed by atoms with Crippen molar-refractivity contribution in [2.24, 2.45) is 4.99 Å². The van der Waals surface area contributed by atoms with Crippen molar-refractivity contribution in [2.45, 2.75) is 0 Å². The van der Waals surface area contributed by atoms with Crippen molar-refractivity contribution in [3.05, 3.63) is 12.7 Å². The molecule has 0 fully saturated rings. The molecular weight excluding hydrogens is 190 g/mol. The van der Waals surface area contributed by atoms with E-state index in [4.69, 9.17) is 0 Å². The van der Waals surface area contributed by atoms with Crippen molar-refractivity contribution in [3.8, 4) is 0 Å². The van der Waals surface area contributed by atoms with Gasteiger partial charge in [-0.15, -0.1) is 0 Å². The maximum absolute atomic E-state index is 10.7. The lowest BCUT2D eigenvalue weighted by molar-refractivity contribution is -0.148. The lowest BCUT2D eigenvalue weighted by atomic mass is 10.6. The van der Waals surface area contributed by atoms with E-state index >= 15 is 0 Å². The van der Waals surface area contributed by atoms with Gasteiger partial charge in [0, 0.05) is 6.08 Å². The van der Waals surface area contributed by atoms with Crippen molar-refractivity contribution in [1.29, 1.82) is 0 Å². The minimum atomic E-state index is -0.678. The van der Waals surface area contributed by atoms with Crippen LogP contribution >= 0.6 is 0 Å². The molecule has 0 rings (SSSR count). The number of isocyanates is 1. The number of rotatable bonds is 6. The van der Waals surface area contributed by atoms with Crippen LogP contribution in [0.5, 0.6) is 0 Å². The fraction of sp³-hybridized carbons (Fsp3) is 0.375. The van der Waals surface area contributed by atoms with Crippen LogP contribution in [0.1, 0.15) is 0 Å². The van der Waals surface area contributed by atoms with Gasteiger partial charge in [-0.2, -0.15) is 4.99 Å². The van der Waals surface area contributed by atoms with Crippen molar-refractivity contribution in [2.75, 3.05) is 19.8 Å². The third-order valence-corrected chi connectivity index (χ3v) is 1.03. The van der Waals surface area contributed by atoms with Gasteiger partial charge in [-0.25, -0.2) is 9.59 Å². The third kappa shape index (κ3) is 6.75. The van der Waals surface area contributed by atoms with Crippen LogP contribution in [0.4, 0.5) is 0 Å². The molecule has 0 atom stereocenters. The number of hydrogen-bond acceptors (Lipinski definition) is 6. The summed E-state index contributed by atoms with van der Waals surface area (Å²) in [5.74, 6) is -1.27. The zero-order valence-electron chi connectivity index (χ0n) is 7.39. The van der Waals surface area contributed by atoms with Gasteiger partial charge in [-0.3, -0.25) is 4.79 Å². The molecule has 0 saturated heterocycles. The van der Waals surface area contributed by atoms with Crippen molar-refractivity contribution in [3.63, 3.8) is 0 Å². The smallest absolute Gasteiger partial charge is 0.330 e. The molecule has 76 valence electrons. The number of aliphatic imine (C=N–C) groups is 1. The summed E-state index contributed by atoms with van der Waals surface area (Å²) in [6, 6.07) is 0. The average Bonchev–Trinajstić information content (AvgIpc) is 2.21. The van der Waals surface area contributed by atoms with E-state index in [1.54, 1.807) is 0 Å². The van der Waals surface area contributed by atoms with E-state index in [0.29, 0.717) is 0 Å². The topological polar surface area (TPSA) is 82.0 Å². The molecule has 0 unspecified atom stereocenters. The minimum absolute atomic E-state index is 0.0542. The summed E-state index contributed by atoms with van der Waals surface area (Å²) >= 11 is 0. The van der Waals surface area contributed by atoms with E-state index < -0.39 is 11.9 Å². The Balaban J connectivity index is 3.44. The first-order valence-electron chi connectivity index (χ1n) is 3.69. The van der Waals surface area contributed by atoms with Crippen LogP contribution in [0.15, 0.2) is 17.6 Å². The van der Waals surface area contributed by atoms with Crippen molar-refractivity contribution < 1.29 is 23.9 Å². The van der Waals surface area contributed by atoms with Crippen LogP contribution in [0.2, 0.25) is 0 Å². The summed E-state index contributed by atoms with van der Waals surface area (Å²) in [4.78, 5) is 33.7. The molecule has 6 nitrogen and oxygen atoms in total. The Morgan fingerprint density at radius 3 is 2.57 bits per heavy atom. The minimum Gasteiger partial charge on any atom is -0.461 e. The lowest BCUT2D eigenvalue weighted by Gasteiger charge is -2.02. The molecule has 0 aromatic heterocycles. The number of carbonyl (C=O) groups is 2. The molecule has 0 heterocycles. The number of ether oxygens (including phenoxy) is 2. The summed E-state index contributed by atoms with van der Waals surface area (Å²) < 4.78 is 9.02. The summed E-state index contributed by atoms with van der Waals surface area (Å²) in [5, 5.41) is 0. The highest BCUT2D eigenvalue weighted by atomic mass is 16.6. The first kappa shape index (κ1) is 12.1. The normalized spacial score (nSPS) is 8.29. The molecule has 0 aromatic rings. The molecular formula is C8H9NO5. The molecule has 0 N–H and O–H groups in total. The van der Waals surface area contributed by atoms with Gasteiger partial charge in [-0.1, -0.05) is 6.58 Å². The van der Waals surface area contributed by atoms with Crippen LogP contribution in [0.25, 0.3) is 0 Å². The van der Waals surface area contributed by atoms with Crippen LogP contribution in [-0.4, -0.2) is 37.8 Å². The lowest BCUT2D eigenvalue weighted by Crippen LogP contribution is -2.14. The quantitative estimate of drug-likeness (QED) is 0.191. The Morgan fingerprint density at radius 1 is 1.36 bits per heavy atom. The molecule has 0 amide bonds. The molecule has 0 radical (unpaired) electrons. The summed E-state index contributed by atoms with van der Waals surface area (Å²) in [6.07, 6.45) is 2.19. The second-order valence-electron chi connectivity index (χ2n) is 2.00. The Kier molecular flexibility index (Phi) is 6.63. The van der Waals surface area contributed by atoms with E-state index in [-0.39, 0.29) is 19.8 Å². The standard InChI is InChI=1S/C8H9NO5/c1-2-7(11)13-3-4-14-8(12)5-9-6-10/h2H,1,3-5H2. The van der Waals surface area contributed by atoms with Crippen molar-refractivity contribution in [1.82, 2.24) is 0 Å². The second-order valence-corrected chi connectivity index (χ2v) is 2.00. The maximum Gasteiger partial charge on any atom is 0.330 e. The highest BCUT2D eigenvalue weighted by Crippen LogP contribution is 1.83. The van der Waals surface area contributed by atoms with Gasteiger partial charge in [-0.05, 0) is 0 Å². The van der Waals surface area contributed by atoms with E-state index in [1.807, 2.05) is 0 Å². The number of hydrogen-bond donors (Lipinski definition) is 0. The Bertz CT molecular complexity index is 267. The second kappa shape index (κ2) is 7.70. The molecule has 0 bridgehead atoms. The largest absolute Gasteiger partial charge is 0.461 e. The fourth-order valence-corrected chi connectivity index (χ4v) is 0.499. The molecule has 0 aliphatic heterocycles. The molecule has 14 heavy (non-hydrogen) atoms. The van der Waals surface area contributed by atoms with Crippen LogP contribution in [0, 0.1) is 0 Å². The zero-order valence-corrected chi connectivity index (χ0v) is 7.39. The molecule has 0 spiro atoms. The molecule has 0 saturated carbocycles. The van der Waals surface area contributed by atoms with E-state index in [0.717, 1.165) is 6.08 Å². The van der Waals surface area contributed by atoms with Gasteiger partial charge in [0.05, 0.1) is 0 Å². The SMILES string of the molecule is C=CC(=O)OCCOC(=O)CN=C=O. The van der Waals surface area contributed by atoms with Crippen molar-refractivity contribution >= 4 is 18.0 Å². The van der Waals surface area contributed by atoms with Crippen LogP contribution in [-0.2, 0) is 23.9 Å². The van der Waals surface area contributed by atoms with E-state index in [2.05, 4.69) is 21.0 Å². The van der Waals surface area contributed by atoms with Crippen LogP contribution in [0.3, 0.4) is 0 Å². The first-order valence-corrected chi connectivity index (χ1v) is 3.69. The third-order valence-electron chi connectivity index (χ3n) is 1.03. The van der Waals surface area contributed by atoms with E-state index in [9.17, 15) is 14.4 Å². The molecule has 6 heteroatoms. The number of nitrogens with zero attached hydrogens (tertiary/aromatic N) is 1. The highest BCUT2D eigenvalue weighted by molar-refractivity contribution is 5.81. The monoisotopic (exact) mass is 199 g/mol. The maximum atomic E-state index is 10.7. The first-order chi connectivity index (χ1) is 6.70. The number of carbonyl (C=O) groups excluding carboxylic acids is 3. The predicted octanol–water partition coefficient (Wildman–Crippen LogP) is -0.405. The Labute approximate surface area is 80.2 Å². The summed E-state index contributed by atoms with van der Waals surface area (Å²) in [5.41, 5.74) is 0. The summed E-state index contributed by atoms with van der Waals surface area (Å²) in [7, 11) is 0. The van der Waals surface area contributed by atoms with Gasteiger partial charge in [0.1, 0.15) is 19.8 Å². The van der Waals surface area contributed by atoms with Gasteiger partial charge >= 0.3 is 11.9 Å². The van der Waals surface area contributed by atoms with Crippen LogP contribution < -0.4 is 0 Å². The number of esters is 2. The zero-order chi connectivity index (χ0) is 10.8. The van der Waals surface area contributed by atoms with Gasteiger partial charge < -0.3 is 9.47 Å². The summed E-state index contributed by atoms with van der Waals surface area (Å²) in [6.45, 7) is 2.67. The Morgan fingerprint density at radius 2 is 2.00 bits per heavy atom. The Hall–Kier alpha value is -1.94. The highest BCUT2D eigenvalue weighted by Gasteiger charge is 2.01. The molecule has 0 aliphatic rings. The fourth-order valence-electron chi connectivity index (χ4n) is 0.499. The molecule has 0 aliphatic carbocycles. The predicted molar refractivity (Wildman–Crippen MR) is 45.1 cm³/mol. The van der Waals surface area contributed by atoms with Gasteiger partial charge in [0.25, 0.3) is 0 Å². The van der Waals surface area contributed by atoms with Gasteiger partial charge in [0.2, 0.25) is 6.08 Å². The molecule has 0 aromatic carbocycles. The van der Waals surface area contributed by atoms with E-state index in [1.165, 1.54) is 6.08 Å².